The maximum absolute atomic E-state index is 11.9. The third-order valence-electron chi connectivity index (χ3n) is 6.12. The molecule has 3 aromatic rings. The highest BCUT2D eigenvalue weighted by molar-refractivity contribution is 7.70. The van der Waals surface area contributed by atoms with Crippen molar-refractivity contribution < 1.29 is 43.3 Å². The number of rotatable bonds is 8. The van der Waals surface area contributed by atoms with Gasteiger partial charge in [0.1, 0.15) is 18.3 Å². The molecule has 1 aliphatic carbocycles. The molecular formula is C19H23ClN6O9P2. The lowest BCUT2D eigenvalue weighted by Gasteiger charge is -2.18. The molecular weight excluding hydrogens is 554 g/mol. The molecule has 1 unspecified atom stereocenters. The Bertz CT molecular complexity index is 1420. The van der Waals surface area contributed by atoms with Gasteiger partial charge in [-0.2, -0.15) is 14.6 Å². The summed E-state index contributed by atoms with van der Waals surface area (Å²) in [5.41, 5.74) is 2.68. The molecule has 200 valence electrons. The van der Waals surface area contributed by atoms with Crippen LogP contribution in [0.2, 0.25) is 5.28 Å². The Morgan fingerprint density at radius 3 is 2.68 bits per heavy atom. The van der Waals surface area contributed by atoms with E-state index in [-0.39, 0.29) is 22.5 Å². The van der Waals surface area contributed by atoms with Gasteiger partial charge in [-0.05, 0) is 35.6 Å². The monoisotopic (exact) mass is 576 g/mol. The zero-order valence-electron chi connectivity index (χ0n) is 18.9. The van der Waals surface area contributed by atoms with Crippen molar-refractivity contribution in [2.75, 3.05) is 17.8 Å². The smallest absolute Gasteiger partial charge is 0.340 e. The summed E-state index contributed by atoms with van der Waals surface area (Å²) in [5, 5.41) is 32.3. The maximum atomic E-state index is 11.9. The number of halogens is 1. The second-order valence-electron chi connectivity index (χ2n) is 8.77. The van der Waals surface area contributed by atoms with Crippen molar-refractivity contribution in [2.45, 2.75) is 43.4 Å². The number of aliphatic hydroxyl groups is 2. The van der Waals surface area contributed by atoms with Gasteiger partial charge in [0.05, 0.1) is 12.6 Å². The molecule has 37 heavy (non-hydrogen) atoms. The molecule has 5 rings (SSSR count). The van der Waals surface area contributed by atoms with E-state index < -0.39 is 52.2 Å². The predicted octanol–water partition coefficient (Wildman–Crippen LogP) is 0.930. The number of fused-ring (bicyclic) bond motifs is 2. The lowest BCUT2D eigenvalue weighted by atomic mass is 10.1. The topological polar surface area (TPSA) is 222 Å². The molecule has 0 bridgehead atoms. The van der Waals surface area contributed by atoms with Crippen molar-refractivity contribution in [3.8, 4) is 0 Å². The van der Waals surface area contributed by atoms with Crippen molar-refractivity contribution in [1.29, 1.82) is 0 Å². The standard InChI is InChI=1S/C19H23ClN6O9P2/c20-19-22-16(21-11-6-5-9-3-1-2-4-10(9)11)13-17(23-19)26(25-24-13)18-15(28)14(27)12(35-18)7-34-37(32,33)8-36(29,30)31/h1-4,11-12,14-15,18,27-28H,5-8H2,(H,32,33)(H,21,22,23)(H2,29,30,31)/t11-,12+,14+,15+,18+/m0/s1. The first-order valence-corrected chi connectivity index (χ1v) is 15.0. The van der Waals surface area contributed by atoms with Gasteiger partial charge < -0.3 is 39.5 Å². The van der Waals surface area contributed by atoms with E-state index in [4.69, 9.17) is 30.6 Å². The van der Waals surface area contributed by atoms with Crippen molar-refractivity contribution >= 4 is 43.8 Å². The Kier molecular flexibility index (Phi) is 7.13. The summed E-state index contributed by atoms with van der Waals surface area (Å²) < 4.78 is 34.4. The van der Waals surface area contributed by atoms with E-state index in [1.807, 2.05) is 18.2 Å². The van der Waals surface area contributed by atoms with Crippen molar-refractivity contribution in [3.63, 3.8) is 0 Å². The quantitative estimate of drug-likeness (QED) is 0.162. The van der Waals surface area contributed by atoms with Crippen LogP contribution < -0.4 is 5.32 Å². The normalized spacial score (nSPS) is 27.4. The van der Waals surface area contributed by atoms with Crippen LogP contribution in [-0.2, 0) is 24.8 Å². The summed E-state index contributed by atoms with van der Waals surface area (Å²) in [6.45, 7) is -0.737. The van der Waals surface area contributed by atoms with Gasteiger partial charge in [-0.3, -0.25) is 9.13 Å². The van der Waals surface area contributed by atoms with Crippen LogP contribution in [0.25, 0.3) is 11.2 Å². The fourth-order valence-electron chi connectivity index (χ4n) is 4.48. The number of hydrogen-bond acceptors (Lipinski definition) is 11. The maximum Gasteiger partial charge on any atom is 0.340 e. The summed E-state index contributed by atoms with van der Waals surface area (Å²) in [6.07, 6.45) is -4.12. The van der Waals surface area contributed by atoms with Crippen molar-refractivity contribution in [3.05, 3.63) is 40.7 Å². The summed E-state index contributed by atoms with van der Waals surface area (Å²) in [5.74, 6) is -1.09. The number of aryl methyl sites for hydroxylation is 1. The first kappa shape index (κ1) is 26.6. The van der Waals surface area contributed by atoms with E-state index in [2.05, 4.69) is 31.7 Å². The average molecular weight is 577 g/mol. The van der Waals surface area contributed by atoms with Gasteiger partial charge in [0.25, 0.3) is 0 Å². The number of nitrogens with zero attached hydrogens (tertiary/aromatic N) is 5. The second-order valence-corrected chi connectivity index (χ2v) is 13.1. The number of hydrogen-bond donors (Lipinski definition) is 6. The van der Waals surface area contributed by atoms with Gasteiger partial charge in [0, 0.05) is 0 Å². The molecule has 18 heteroatoms. The number of aromatic nitrogens is 5. The van der Waals surface area contributed by atoms with Crippen LogP contribution in [0.5, 0.6) is 0 Å². The van der Waals surface area contributed by atoms with Crippen LogP contribution in [0.4, 0.5) is 5.82 Å². The first-order valence-electron chi connectivity index (χ1n) is 11.1. The molecule has 6 atom stereocenters. The first-order chi connectivity index (χ1) is 17.4. The van der Waals surface area contributed by atoms with Crippen LogP contribution in [0.15, 0.2) is 24.3 Å². The highest BCUT2D eigenvalue weighted by Gasteiger charge is 2.46. The van der Waals surface area contributed by atoms with E-state index >= 15 is 0 Å². The van der Waals surface area contributed by atoms with Gasteiger partial charge in [-0.15, -0.1) is 5.10 Å². The van der Waals surface area contributed by atoms with E-state index in [0.717, 1.165) is 23.1 Å². The van der Waals surface area contributed by atoms with Gasteiger partial charge in [0.2, 0.25) is 5.28 Å². The van der Waals surface area contributed by atoms with Crippen LogP contribution in [0.1, 0.15) is 29.8 Å². The third-order valence-corrected chi connectivity index (χ3v) is 9.75. The fourth-order valence-corrected chi connectivity index (χ4v) is 7.21. The molecule has 1 fully saturated rings. The van der Waals surface area contributed by atoms with E-state index in [9.17, 15) is 24.2 Å². The fraction of sp³-hybridized carbons (Fsp3) is 0.474. The van der Waals surface area contributed by atoms with Crippen LogP contribution >= 0.6 is 26.8 Å². The average Bonchev–Trinajstić information content (AvgIpc) is 3.48. The lowest BCUT2D eigenvalue weighted by Crippen LogP contribution is -2.33. The molecule has 1 aromatic carbocycles. The SMILES string of the molecule is O=P(O)(O)CP(=O)(O)OC[C@H]1O[C@@H](n2nnc3c(N[C@H]4CCc5ccccc54)nc(Cl)nc32)[C@H](O)[C@@H]1O. The highest BCUT2D eigenvalue weighted by atomic mass is 35.5. The van der Waals surface area contributed by atoms with Crippen LogP contribution in [0, 0.1) is 0 Å². The summed E-state index contributed by atoms with van der Waals surface area (Å²) in [4.78, 5) is 35.9. The minimum absolute atomic E-state index is 0.0468. The largest absolute Gasteiger partial charge is 0.387 e. The number of ether oxygens (including phenoxy) is 1. The van der Waals surface area contributed by atoms with Crippen molar-refractivity contribution in [1.82, 2.24) is 25.0 Å². The Hall–Kier alpha value is -2.03. The number of nitrogens with one attached hydrogen (secondary N) is 1. The minimum atomic E-state index is -4.84. The molecule has 0 amide bonds. The number of benzene rings is 1. The second kappa shape index (κ2) is 9.93. The molecule has 2 aromatic heterocycles. The summed E-state index contributed by atoms with van der Waals surface area (Å²) in [6, 6.07) is 7.96. The summed E-state index contributed by atoms with van der Waals surface area (Å²) >= 11 is 6.17. The third kappa shape index (κ3) is 5.57. The van der Waals surface area contributed by atoms with E-state index in [1.54, 1.807) is 0 Å². The molecule has 0 spiro atoms. The van der Waals surface area contributed by atoms with E-state index in [1.165, 1.54) is 5.56 Å². The van der Waals surface area contributed by atoms with Gasteiger partial charge in [-0.1, -0.05) is 29.5 Å². The van der Waals surface area contributed by atoms with Gasteiger partial charge in [0.15, 0.2) is 29.1 Å². The van der Waals surface area contributed by atoms with Crippen molar-refractivity contribution in [2.24, 2.45) is 0 Å². The molecule has 0 saturated carbocycles. The van der Waals surface area contributed by atoms with Gasteiger partial charge >= 0.3 is 15.2 Å². The van der Waals surface area contributed by atoms with E-state index in [0.29, 0.717) is 5.82 Å². The minimum Gasteiger partial charge on any atom is -0.387 e. The Balaban J connectivity index is 1.37. The number of anilines is 1. The Morgan fingerprint density at radius 1 is 1.16 bits per heavy atom. The van der Waals surface area contributed by atoms with Gasteiger partial charge in [-0.25, -0.2) is 0 Å². The zero-order valence-corrected chi connectivity index (χ0v) is 21.4. The number of aliphatic hydroxyl groups excluding tert-OH is 2. The zero-order chi connectivity index (χ0) is 26.5. The molecule has 3 heterocycles. The Morgan fingerprint density at radius 2 is 1.92 bits per heavy atom. The lowest BCUT2D eigenvalue weighted by molar-refractivity contribution is -0.0549. The van der Waals surface area contributed by atoms with Crippen LogP contribution in [0.3, 0.4) is 0 Å². The predicted molar refractivity (Wildman–Crippen MR) is 128 cm³/mol. The molecule has 2 aliphatic rings. The molecule has 1 saturated heterocycles. The Labute approximate surface area is 214 Å². The molecule has 15 nitrogen and oxygen atoms in total. The molecule has 0 radical (unpaired) electrons. The highest BCUT2D eigenvalue weighted by Crippen LogP contribution is 2.55. The summed E-state index contributed by atoms with van der Waals surface area (Å²) in [7, 11) is -9.54. The molecule has 6 N–H and O–H groups in total. The molecule has 1 aliphatic heterocycles. The van der Waals surface area contributed by atoms with Crippen LogP contribution in [-0.4, -0.2) is 80.7 Å².